The van der Waals surface area contributed by atoms with Crippen molar-refractivity contribution in [1.82, 2.24) is 0 Å². The predicted molar refractivity (Wildman–Crippen MR) is 79.4 cm³/mol. The minimum absolute atomic E-state index is 0.0912. The summed E-state index contributed by atoms with van der Waals surface area (Å²) in [5.74, 6) is 0.875. The lowest BCUT2D eigenvalue weighted by Gasteiger charge is -2.14. The van der Waals surface area contributed by atoms with Crippen LogP contribution in [0, 0.1) is 6.92 Å². The molecule has 2 nitrogen and oxygen atoms in total. The lowest BCUT2D eigenvalue weighted by Crippen LogP contribution is -2.18. The highest BCUT2D eigenvalue weighted by atomic mass is 16.5. The van der Waals surface area contributed by atoms with E-state index >= 15 is 0 Å². The van der Waals surface area contributed by atoms with Crippen molar-refractivity contribution < 1.29 is 4.74 Å². The average Bonchev–Trinajstić information content (AvgIpc) is 2.46. The summed E-state index contributed by atoms with van der Waals surface area (Å²) in [6, 6.07) is 16.4. The van der Waals surface area contributed by atoms with Crippen molar-refractivity contribution in [3.63, 3.8) is 0 Å². The molecule has 0 fully saturated rings. The molecule has 0 spiro atoms. The largest absolute Gasteiger partial charge is 0.492 e. The molecule has 2 rings (SSSR count). The summed E-state index contributed by atoms with van der Waals surface area (Å²) in [5.41, 5.74) is 9.79. The van der Waals surface area contributed by atoms with Crippen LogP contribution in [0.4, 0.5) is 0 Å². The Balaban J connectivity index is 1.92. The van der Waals surface area contributed by atoms with Crippen LogP contribution < -0.4 is 10.5 Å². The SMILES string of the molecule is CCc1ccc(OCC(N)c2ccc(C)cc2)cc1. The van der Waals surface area contributed by atoms with Crippen molar-refractivity contribution in [1.29, 1.82) is 0 Å². The van der Waals surface area contributed by atoms with Gasteiger partial charge in [0, 0.05) is 0 Å². The Labute approximate surface area is 115 Å². The topological polar surface area (TPSA) is 35.2 Å². The molecule has 1 unspecified atom stereocenters. The Morgan fingerprint density at radius 2 is 1.63 bits per heavy atom. The van der Waals surface area contributed by atoms with Crippen molar-refractivity contribution in [3.05, 3.63) is 65.2 Å². The van der Waals surface area contributed by atoms with Crippen molar-refractivity contribution >= 4 is 0 Å². The fraction of sp³-hybridized carbons (Fsp3) is 0.294. The molecule has 19 heavy (non-hydrogen) atoms. The van der Waals surface area contributed by atoms with E-state index in [2.05, 4.69) is 50.2 Å². The third-order valence-corrected chi connectivity index (χ3v) is 3.27. The first-order valence-electron chi connectivity index (χ1n) is 6.73. The third-order valence-electron chi connectivity index (χ3n) is 3.27. The molecule has 0 bridgehead atoms. The highest BCUT2D eigenvalue weighted by Gasteiger charge is 2.06. The smallest absolute Gasteiger partial charge is 0.119 e. The molecule has 2 aromatic carbocycles. The minimum Gasteiger partial charge on any atom is -0.492 e. The fourth-order valence-corrected chi connectivity index (χ4v) is 1.92. The summed E-state index contributed by atoms with van der Waals surface area (Å²) in [6.45, 7) is 4.71. The van der Waals surface area contributed by atoms with Crippen molar-refractivity contribution in [2.24, 2.45) is 5.73 Å². The number of nitrogens with two attached hydrogens (primary N) is 1. The Morgan fingerprint density at radius 3 is 2.21 bits per heavy atom. The normalized spacial score (nSPS) is 12.2. The van der Waals surface area contributed by atoms with Gasteiger partial charge in [-0.15, -0.1) is 0 Å². The zero-order valence-corrected chi connectivity index (χ0v) is 11.6. The van der Waals surface area contributed by atoms with Crippen LogP contribution in [0.25, 0.3) is 0 Å². The lowest BCUT2D eigenvalue weighted by molar-refractivity contribution is 0.290. The third kappa shape index (κ3) is 3.83. The van der Waals surface area contributed by atoms with Gasteiger partial charge in [-0.05, 0) is 36.6 Å². The first-order valence-corrected chi connectivity index (χ1v) is 6.73. The molecule has 100 valence electrons. The first-order chi connectivity index (χ1) is 9.19. The molecular formula is C17H21NO. The molecule has 0 amide bonds. The second-order valence-electron chi connectivity index (χ2n) is 4.83. The number of ether oxygens (including phenoxy) is 1. The van der Waals surface area contributed by atoms with Crippen molar-refractivity contribution in [2.75, 3.05) is 6.61 Å². The summed E-state index contributed by atoms with van der Waals surface area (Å²) in [4.78, 5) is 0. The van der Waals surface area contributed by atoms with Gasteiger partial charge in [0.15, 0.2) is 0 Å². The molecule has 0 radical (unpaired) electrons. The predicted octanol–water partition coefficient (Wildman–Crippen LogP) is 3.64. The first kappa shape index (κ1) is 13.6. The van der Waals surface area contributed by atoms with Gasteiger partial charge in [0.1, 0.15) is 12.4 Å². The molecule has 2 aromatic rings. The van der Waals surface area contributed by atoms with Crippen LogP contribution in [0.15, 0.2) is 48.5 Å². The quantitative estimate of drug-likeness (QED) is 0.885. The highest BCUT2D eigenvalue weighted by Crippen LogP contribution is 2.16. The van der Waals surface area contributed by atoms with E-state index in [1.807, 2.05) is 12.1 Å². The number of hydrogen-bond donors (Lipinski definition) is 1. The van der Waals surface area contributed by atoms with Crippen LogP contribution in [0.5, 0.6) is 5.75 Å². The number of hydrogen-bond acceptors (Lipinski definition) is 2. The summed E-state index contributed by atoms with van der Waals surface area (Å²) in [6.07, 6.45) is 1.04. The fourth-order valence-electron chi connectivity index (χ4n) is 1.92. The Bertz CT molecular complexity index is 502. The zero-order valence-electron chi connectivity index (χ0n) is 11.6. The molecular weight excluding hydrogens is 234 g/mol. The second kappa shape index (κ2) is 6.39. The zero-order chi connectivity index (χ0) is 13.7. The number of rotatable bonds is 5. The molecule has 0 aliphatic carbocycles. The Kier molecular flexibility index (Phi) is 4.58. The summed E-state index contributed by atoms with van der Waals surface area (Å²) >= 11 is 0. The second-order valence-corrected chi connectivity index (χ2v) is 4.83. The molecule has 0 aliphatic rings. The molecule has 2 heteroatoms. The van der Waals surface area contributed by atoms with Gasteiger partial charge in [0.2, 0.25) is 0 Å². The van der Waals surface area contributed by atoms with Crippen LogP contribution in [0.2, 0.25) is 0 Å². The summed E-state index contributed by atoms with van der Waals surface area (Å²) in [7, 11) is 0. The van der Waals surface area contributed by atoms with E-state index in [0.717, 1.165) is 17.7 Å². The lowest BCUT2D eigenvalue weighted by atomic mass is 10.1. The molecule has 0 heterocycles. The molecule has 1 atom stereocenters. The maximum Gasteiger partial charge on any atom is 0.119 e. The molecule has 0 aromatic heterocycles. The number of benzene rings is 2. The van der Waals surface area contributed by atoms with E-state index < -0.39 is 0 Å². The van der Waals surface area contributed by atoms with E-state index in [4.69, 9.17) is 10.5 Å². The molecule has 2 N–H and O–H groups in total. The van der Waals surface area contributed by atoms with Gasteiger partial charge >= 0.3 is 0 Å². The van der Waals surface area contributed by atoms with Crippen LogP contribution in [-0.2, 0) is 6.42 Å². The summed E-state index contributed by atoms with van der Waals surface area (Å²) < 4.78 is 5.73. The minimum atomic E-state index is -0.0912. The van der Waals surface area contributed by atoms with Gasteiger partial charge in [-0.25, -0.2) is 0 Å². The maximum atomic E-state index is 6.12. The summed E-state index contributed by atoms with van der Waals surface area (Å²) in [5, 5.41) is 0. The van der Waals surface area contributed by atoms with E-state index in [1.165, 1.54) is 11.1 Å². The van der Waals surface area contributed by atoms with E-state index in [0.29, 0.717) is 6.61 Å². The standard InChI is InChI=1S/C17H21NO/c1-3-14-6-10-16(11-7-14)19-12-17(18)15-8-4-13(2)5-9-15/h4-11,17H,3,12,18H2,1-2H3. The van der Waals surface area contributed by atoms with Gasteiger partial charge in [-0.3, -0.25) is 0 Å². The van der Waals surface area contributed by atoms with E-state index in [-0.39, 0.29) is 6.04 Å². The van der Waals surface area contributed by atoms with Crippen LogP contribution in [0.1, 0.15) is 29.7 Å². The monoisotopic (exact) mass is 255 g/mol. The van der Waals surface area contributed by atoms with Gasteiger partial charge in [0.25, 0.3) is 0 Å². The van der Waals surface area contributed by atoms with Crippen LogP contribution in [-0.4, -0.2) is 6.61 Å². The van der Waals surface area contributed by atoms with Crippen LogP contribution >= 0.6 is 0 Å². The molecule has 0 saturated heterocycles. The maximum absolute atomic E-state index is 6.12. The van der Waals surface area contributed by atoms with Gasteiger partial charge in [0.05, 0.1) is 6.04 Å². The number of aryl methyl sites for hydroxylation is 2. The molecule has 0 aliphatic heterocycles. The Hall–Kier alpha value is -1.80. The van der Waals surface area contributed by atoms with E-state index in [1.54, 1.807) is 0 Å². The van der Waals surface area contributed by atoms with E-state index in [9.17, 15) is 0 Å². The highest BCUT2D eigenvalue weighted by molar-refractivity contribution is 5.28. The van der Waals surface area contributed by atoms with Gasteiger partial charge in [-0.2, -0.15) is 0 Å². The van der Waals surface area contributed by atoms with Gasteiger partial charge in [-0.1, -0.05) is 48.9 Å². The molecule has 0 saturated carbocycles. The Morgan fingerprint density at radius 1 is 1.00 bits per heavy atom. The van der Waals surface area contributed by atoms with Crippen molar-refractivity contribution in [3.8, 4) is 5.75 Å². The average molecular weight is 255 g/mol. The van der Waals surface area contributed by atoms with Crippen LogP contribution in [0.3, 0.4) is 0 Å². The van der Waals surface area contributed by atoms with Gasteiger partial charge < -0.3 is 10.5 Å². The van der Waals surface area contributed by atoms with Crippen molar-refractivity contribution in [2.45, 2.75) is 26.3 Å².